The topological polar surface area (TPSA) is 21.7 Å². The lowest BCUT2D eigenvalue weighted by atomic mass is 10.1. The van der Waals surface area contributed by atoms with Gasteiger partial charge in [0.15, 0.2) is 0 Å². The molecule has 3 aromatic rings. The van der Waals surface area contributed by atoms with Crippen LogP contribution in [0.1, 0.15) is 23.1 Å². The van der Waals surface area contributed by atoms with Crippen LogP contribution in [0.25, 0.3) is 0 Å². The second-order valence-electron chi connectivity index (χ2n) is 7.19. The molecule has 152 valence electrons. The Bertz CT molecular complexity index is 736. The molecule has 0 bridgehead atoms. The fraction of sp³-hybridized carbons (Fsp3) is 0.308. The summed E-state index contributed by atoms with van der Waals surface area (Å²) in [6, 6.07) is 31.6. The number of hydrogen-bond acceptors (Lipinski definition) is 3. The van der Waals surface area contributed by atoms with Crippen molar-refractivity contribution in [1.29, 1.82) is 0 Å². The number of ether oxygens (including phenoxy) is 2. The molecule has 3 rings (SSSR count). The van der Waals surface area contributed by atoms with Crippen LogP contribution in [0.4, 0.5) is 0 Å². The second kappa shape index (κ2) is 12.9. The molecule has 0 N–H and O–H groups in total. The summed E-state index contributed by atoms with van der Waals surface area (Å²) in [4.78, 5) is 2.49. The molecule has 0 aromatic heterocycles. The van der Waals surface area contributed by atoms with Gasteiger partial charge in [0.05, 0.1) is 19.8 Å². The first-order valence-corrected chi connectivity index (χ1v) is 10.4. The van der Waals surface area contributed by atoms with E-state index in [-0.39, 0.29) is 0 Å². The third kappa shape index (κ3) is 8.61. The van der Waals surface area contributed by atoms with Crippen molar-refractivity contribution < 1.29 is 9.47 Å². The Balaban J connectivity index is 1.34. The zero-order chi connectivity index (χ0) is 20.0. The van der Waals surface area contributed by atoms with Gasteiger partial charge in [-0.05, 0) is 23.1 Å². The first kappa shape index (κ1) is 21.3. The summed E-state index contributed by atoms with van der Waals surface area (Å²) in [6.07, 6.45) is 1.01. The molecule has 3 nitrogen and oxygen atoms in total. The highest BCUT2D eigenvalue weighted by Crippen LogP contribution is 2.10. The molecule has 0 spiro atoms. The average molecular weight is 390 g/mol. The van der Waals surface area contributed by atoms with Crippen molar-refractivity contribution in [2.75, 3.05) is 26.4 Å². The highest BCUT2D eigenvalue weighted by atomic mass is 16.5. The summed E-state index contributed by atoms with van der Waals surface area (Å²) < 4.78 is 11.4. The fourth-order valence-electron chi connectivity index (χ4n) is 3.27. The zero-order valence-corrected chi connectivity index (χ0v) is 17.1. The Labute approximate surface area is 174 Å². The second-order valence-corrected chi connectivity index (χ2v) is 7.19. The van der Waals surface area contributed by atoms with Crippen LogP contribution < -0.4 is 0 Å². The molecule has 0 aliphatic carbocycles. The molecule has 0 saturated heterocycles. The average Bonchev–Trinajstić information content (AvgIpc) is 2.77. The van der Waals surface area contributed by atoms with Crippen molar-refractivity contribution in [3.05, 3.63) is 108 Å². The van der Waals surface area contributed by atoms with E-state index in [9.17, 15) is 0 Å². The zero-order valence-electron chi connectivity index (χ0n) is 17.1. The van der Waals surface area contributed by atoms with E-state index in [4.69, 9.17) is 9.47 Å². The Morgan fingerprint density at radius 3 is 1.55 bits per heavy atom. The quantitative estimate of drug-likeness (QED) is 0.370. The number of nitrogens with zero attached hydrogens (tertiary/aromatic N) is 1. The van der Waals surface area contributed by atoms with Gasteiger partial charge in [-0.3, -0.25) is 4.90 Å². The lowest BCUT2D eigenvalue weighted by molar-refractivity contribution is 0.0370. The molecule has 0 heterocycles. The molecule has 0 unspecified atom stereocenters. The molecular formula is C26H31NO2. The lowest BCUT2D eigenvalue weighted by Crippen LogP contribution is -2.25. The van der Waals surface area contributed by atoms with E-state index in [1.54, 1.807) is 0 Å². The van der Waals surface area contributed by atoms with Crippen molar-refractivity contribution in [1.82, 2.24) is 4.90 Å². The van der Waals surface area contributed by atoms with Gasteiger partial charge in [-0.2, -0.15) is 0 Å². The molecule has 0 saturated carbocycles. The van der Waals surface area contributed by atoms with E-state index >= 15 is 0 Å². The highest BCUT2D eigenvalue weighted by molar-refractivity contribution is 5.17. The van der Waals surface area contributed by atoms with Gasteiger partial charge in [0.25, 0.3) is 0 Å². The van der Waals surface area contributed by atoms with Crippen molar-refractivity contribution >= 4 is 0 Å². The Hall–Kier alpha value is -2.46. The maximum atomic E-state index is 5.77. The SMILES string of the molecule is c1ccc(COCCOCCCN(Cc2ccccc2)Cc2ccccc2)cc1. The first-order valence-electron chi connectivity index (χ1n) is 10.4. The molecule has 0 fully saturated rings. The molecule has 0 atom stereocenters. The minimum atomic E-state index is 0.632. The van der Waals surface area contributed by atoms with E-state index in [0.29, 0.717) is 19.8 Å². The Morgan fingerprint density at radius 1 is 0.517 bits per heavy atom. The smallest absolute Gasteiger partial charge is 0.0718 e. The van der Waals surface area contributed by atoms with Gasteiger partial charge < -0.3 is 9.47 Å². The third-order valence-corrected chi connectivity index (χ3v) is 4.74. The van der Waals surface area contributed by atoms with Gasteiger partial charge in [-0.1, -0.05) is 91.0 Å². The van der Waals surface area contributed by atoms with E-state index < -0.39 is 0 Å². The van der Waals surface area contributed by atoms with Crippen LogP contribution >= 0.6 is 0 Å². The summed E-state index contributed by atoms with van der Waals surface area (Å²) in [5, 5.41) is 0. The minimum Gasteiger partial charge on any atom is -0.379 e. The number of benzene rings is 3. The fourth-order valence-corrected chi connectivity index (χ4v) is 3.27. The van der Waals surface area contributed by atoms with Crippen molar-refractivity contribution in [2.45, 2.75) is 26.1 Å². The predicted molar refractivity (Wildman–Crippen MR) is 119 cm³/mol. The summed E-state index contributed by atoms with van der Waals surface area (Å²) in [5.74, 6) is 0. The van der Waals surface area contributed by atoms with Crippen LogP contribution in [0.15, 0.2) is 91.0 Å². The van der Waals surface area contributed by atoms with Crippen molar-refractivity contribution in [3.63, 3.8) is 0 Å². The molecule has 0 aliphatic heterocycles. The maximum Gasteiger partial charge on any atom is 0.0718 e. The van der Waals surface area contributed by atoms with Crippen LogP contribution in [-0.4, -0.2) is 31.3 Å². The summed E-state index contributed by atoms with van der Waals surface area (Å²) in [6.45, 7) is 5.60. The molecule has 0 amide bonds. The minimum absolute atomic E-state index is 0.632. The van der Waals surface area contributed by atoms with Crippen LogP contribution in [0, 0.1) is 0 Å². The van der Waals surface area contributed by atoms with Crippen LogP contribution in [0.2, 0.25) is 0 Å². The molecule has 3 heteroatoms. The maximum absolute atomic E-state index is 5.77. The summed E-state index contributed by atoms with van der Waals surface area (Å²) in [5.41, 5.74) is 3.89. The van der Waals surface area contributed by atoms with E-state index in [0.717, 1.165) is 32.7 Å². The molecular weight excluding hydrogens is 358 g/mol. The lowest BCUT2D eigenvalue weighted by Gasteiger charge is -2.22. The number of hydrogen-bond donors (Lipinski definition) is 0. The third-order valence-electron chi connectivity index (χ3n) is 4.74. The van der Waals surface area contributed by atoms with E-state index in [2.05, 4.69) is 77.7 Å². The first-order chi connectivity index (χ1) is 14.4. The van der Waals surface area contributed by atoms with Gasteiger partial charge in [0.2, 0.25) is 0 Å². The van der Waals surface area contributed by atoms with E-state index in [1.807, 2.05) is 18.2 Å². The Morgan fingerprint density at radius 2 is 1.00 bits per heavy atom. The predicted octanol–water partition coefficient (Wildman–Crippen LogP) is 5.31. The van der Waals surface area contributed by atoms with Crippen LogP contribution in [-0.2, 0) is 29.2 Å². The molecule has 0 aliphatic rings. The van der Waals surface area contributed by atoms with Gasteiger partial charge >= 0.3 is 0 Å². The highest BCUT2D eigenvalue weighted by Gasteiger charge is 2.07. The Kier molecular flexibility index (Phi) is 9.45. The summed E-state index contributed by atoms with van der Waals surface area (Å²) >= 11 is 0. The number of rotatable bonds is 13. The van der Waals surface area contributed by atoms with Crippen LogP contribution in [0.5, 0.6) is 0 Å². The molecule has 3 aromatic carbocycles. The standard InChI is InChI=1S/C26H31NO2/c1-4-11-24(12-5-1)21-27(22-25-13-6-2-7-14-25)17-10-18-28-19-20-29-23-26-15-8-3-9-16-26/h1-9,11-16H,10,17-23H2. The van der Waals surface area contributed by atoms with Crippen molar-refractivity contribution in [3.8, 4) is 0 Å². The van der Waals surface area contributed by atoms with Gasteiger partial charge in [-0.15, -0.1) is 0 Å². The largest absolute Gasteiger partial charge is 0.379 e. The van der Waals surface area contributed by atoms with Gasteiger partial charge in [0.1, 0.15) is 0 Å². The molecule has 29 heavy (non-hydrogen) atoms. The monoisotopic (exact) mass is 389 g/mol. The van der Waals surface area contributed by atoms with Crippen molar-refractivity contribution in [2.24, 2.45) is 0 Å². The normalized spacial score (nSPS) is 11.1. The van der Waals surface area contributed by atoms with Gasteiger partial charge in [0, 0.05) is 26.2 Å². The van der Waals surface area contributed by atoms with Gasteiger partial charge in [-0.25, -0.2) is 0 Å². The van der Waals surface area contributed by atoms with E-state index in [1.165, 1.54) is 16.7 Å². The van der Waals surface area contributed by atoms with Crippen LogP contribution in [0.3, 0.4) is 0 Å². The summed E-state index contributed by atoms with van der Waals surface area (Å²) in [7, 11) is 0. The molecule has 0 radical (unpaired) electrons.